The first-order valence-electron chi connectivity index (χ1n) is 7.62. The van der Waals surface area contributed by atoms with Crippen LogP contribution in [-0.2, 0) is 23.9 Å². The molecule has 0 saturated heterocycles. The van der Waals surface area contributed by atoms with Crippen LogP contribution in [0.2, 0.25) is 0 Å². The number of esters is 1. The first-order chi connectivity index (χ1) is 12.3. The maximum absolute atomic E-state index is 12.8. The molecule has 0 radical (unpaired) electrons. The molecule has 142 valence electrons. The van der Waals surface area contributed by atoms with Crippen molar-refractivity contribution in [3.63, 3.8) is 0 Å². The fourth-order valence-electron chi connectivity index (χ4n) is 1.57. The van der Waals surface area contributed by atoms with Crippen molar-refractivity contribution >= 4 is 41.3 Å². The Kier molecular flexibility index (Phi) is 9.13. The number of carbonyl (C=O) groups excluding carboxylic acids is 4. The minimum absolute atomic E-state index is 0.0390. The molecule has 8 nitrogen and oxygen atoms in total. The summed E-state index contributed by atoms with van der Waals surface area (Å²) in [4.78, 5) is 45.9. The largest absolute Gasteiger partial charge is 0.455 e. The fourth-order valence-corrected chi connectivity index (χ4v) is 2.25. The Labute approximate surface area is 153 Å². The van der Waals surface area contributed by atoms with Crippen LogP contribution in [0.4, 0.5) is 14.9 Å². The lowest BCUT2D eigenvalue weighted by Crippen LogP contribution is -2.35. The van der Waals surface area contributed by atoms with Crippen LogP contribution >= 0.6 is 11.8 Å². The number of anilines is 1. The van der Waals surface area contributed by atoms with Crippen molar-refractivity contribution in [3.8, 4) is 0 Å². The van der Waals surface area contributed by atoms with Gasteiger partial charge in [-0.15, -0.1) is 11.8 Å². The molecule has 2 N–H and O–H groups in total. The van der Waals surface area contributed by atoms with E-state index < -0.39 is 35.6 Å². The molecule has 10 heteroatoms. The summed E-state index contributed by atoms with van der Waals surface area (Å²) in [5.74, 6) is -2.35. The van der Waals surface area contributed by atoms with E-state index in [2.05, 4.69) is 10.1 Å². The number of alkyl carbamates (subject to hydrolysis) is 1. The number of ether oxygens (including phenoxy) is 2. The minimum atomic E-state index is -0.923. The average Bonchev–Trinajstić information content (AvgIpc) is 2.59. The maximum Gasteiger partial charge on any atom is 0.413 e. The standard InChI is InChI=1S/C16H19FN2O6S/c1-3-24-16(23)19-13(20)8-25-15(22)10(2)26-9-14(21)18-12-6-4-11(17)5-7-12/h4-7,10H,3,8-9H2,1-2H3,(H,18,21)(H,19,20,23)/t10-/m1/s1. The number of nitrogens with one attached hydrogen (secondary N) is 2. The second-order valence-corrected chi connectivity index (χ2v) is 6.21. The summed E-state index contributed by atoms with van der Waals surface area (Å²) in [6, 6.07) is 5.25. The predicted octanol–water partition coefficient (Wildman–Crippen LogP) is 1.70. The van der Waals surface area contributed by atoms with Gasteiger partial charge in [0.1, 0.15) is 11.1 Å². The van der Waals surface area contributed by atoms with E-state index in [1.807, 2.05) is 5.32 Å². The van der Waals surface area contributed by atoms with Gasteiger partial charge in [0, 0.05) is 5.69 Å². The lowest BCUT2D eigenvalue weighted by molar-refractivity contribution is -0.147. The number of halogens is 1. The maximum atomic E-state index is 12.8. The lowest BCUT2D eigenvalue weighted by atomic mass is 10.3. The van der Waals surface area contributed by atoms with E-state index in [0.717, 1.165) is 11.8 Å². The average molecular weight is 386 g/mol. The van der Waals surface area contributed by atoms with Crippen molar-refractivity contribution in [2.24, 2.45) is 0 Å². The smallest absolute Gasteiger partial charge is 0.413 e. The van der Waals surface area contributed by atoms with Crippen LogP contribution in [-0.4, -0.2) is 48.1 Å². The number of imide groups is 1. The van der Waals surface area contributed by atoms with Gasteiger partial charge in [0.05, 0.1) is 12.4 Å². The molecule has 0 aliphatic heterocycles. The molecule has 0 heterocycles. The van der Waals surface area contributed by atoms with Gasteiger partial charge in [-0.1, -0.05) is 0 Å². The van der Waals surface area contributed by atoms with E-state index in [4.69, 9.17) is 4.74 Å². The quantitative estimate of drug-likeness (QED) is 0.654. The van der Waals surface area contributed by atoms with E-state index in [1.54, 1.807) is 6.92 Å². The number of amides is 3. The molecular formula is C16H19FN2O6S. The number of hydrogen-bond donors (Lipinski definition) is 2. The van der Waals surface area contributed by atoms with Crippen LogP contribution in [0.1, 0.15) is 13.8 Å². The third kappa shape index (κ3) is 8.47. The van der Waals surface area contributed by atoms with Gasteiger partial charge in [-0.25, -0.2) is 9.18 Å². The van der Waals surface area contributed by atoms with Crippen LogP contribution in [0.15, 0.2) is 24.3 Å². The van der Waals surface area contributed by atoms with Crippen molar-refractivity contribution in [1.82, 2.24) is 5.32 Å². The molecule has 0 spiro atoms. The van der Waals surface area contributed by atoms with Crippen molar-refractivity contribution in [2.75, 3.05) is 24.3 Å². The molecule has 0 unspecified atom stereocenters. The van der Waals surface area contributed by atoms with Crippen LogP contribution in [0.3, 0.4) is 0 Å². The molecule has 1 aromatic rings. The molecule has 1 rings (SSSR count). The number of thioether (sulfide) groups is 1. The Balaban J connectivity index is 2.28. The normalized spacial score (nSPS) is 11.2. The monoisotopic (exact) mass is 386 g/mol. The van der Waals surface area contributed by atoms with E-state index >= 15 is 0 Å². The van der Waals surface area contributed by atoms with Gasteiger partial charge in [0.25, 0.3) is 5.91 Å². The van der Waals surface area contributed by atoms with Gasteiger partial charge in [-0.05, 0) is 38.1 Å². The Hall–Kier alpha value is -2.62. The molecule has 0 saturated carbocycles. The zero-order chi connectivity index (χ0) is 19.5. The number of hydrogen-bond acceptors (Lipinski definition) is 7. The fraction of sp³-hybridized carbons (Fsp3) is 0.375. The second kappa shape index (κ2) is 11.1. The number of rotatable bonds is 8. The van der Waals surface area contributed by atoms with Crippen molar-refractivity contribution in [3.05, 3.63) is 30.1 Å². The Morgan fingerprint density at radius 1 is 1.12 bits per heavy atom. The molecule has 26 heavy (non-hydrogen) atoms. The van der Waals surface area contributed by atoms with Gasteiger partial charge in [0.15, 0.2) is 6.61 Å². The summed E-state index contributed by atoms with van der Waals surface area (Å²) >= 11 is 1.00. The minimum Gasteiger partial charge on any atom is -0.455 e. The van der Waals surface area contributed by atoms with E-state index in [1.165, 1.54) is 31.2 Å². The first kappa shape index (κ1) is 21.4. The third-order valence-electron chi connectivity index (χ3n) is 2.79. The SMILES string of the molecule is CCOC(=O)NC(=O)COC(=O)[C@@H](C)SCC(=O)Nc1ccc(F)cc1. The van der Waals surface area contributed by atoms with Gasteiger partial charge in [-0.2, -0.15) is 0 Å². The van der Waals surface area contributed by atoms with E-state index in [9.17, 15) is 23.6 Å². The molecule has 0 aromatic heterocycles. The summed E-state index contributed by atoms with van der Waals surface area (Å²) in [7, 11) is 0. The highest BCUT2D eigenvalue weighted by Gasteiger charge is 2.19. The molecule has 0 bridgehead atoms. The topological polar surface area (TPSA) is 111 Å². The number of benzene rings is 1. The highest BCUT2D eigenvalue weighted by molar-refractivity contribution is 8.01. The molecule has 1 aromatic carbocycles. The summed E-state index contributed by atoms with van der Waals surface area (Å²) < 4.78 is 22.0. The summed E-state index contributed by atoms with van der Waals surface area (Å²) in [6.45, 7) is 2.56. The van der Waals surface area contributed by atoms with Gasteiger partial charge >= 0.3 is 12.1 Å². The lowest BCUT2D eigenvalue weighted by Gasteiger charge is -2.11. The highest BCUT2D eigenvalue weighted by atomic mass is 32.2. The Morgan fingerprint density at radius 2 is 1.77 bits per heavy atom. The van der Waals surface area contributed by atoms with Crippen LogP contribution in [0.5, 0.6) is 0 Å². The Morgan fingerprint density at radius 3 is 2.38 bits per heavy atom. The molecular weight excluding hydrogens is 367 g/mol. The van der Waals surface area contributed by atoms with Crippen molar-refractivity contribution in [1.29, 1.82) is 0 Å². The molecule has 0 aliphatic carbocycles. The summed E-state index contributed by atoms with van der Waals surface area (Å²) in [5.41, 5.74) is 0.433. The predicted molar refractivity (Wildman–Crippen MR) is 93.1 cm³/mol. The molecule has 1 atom stereocenters. The summed E-state index contributed by atoms with van der Waals surface area (Å²) in [5, 5.41) is 3.73. The number of carbonyl (C=O) groups is 4. The molecule has 3 amide bonds. The van der Waals surface area contributed by atoms with Gasteiger partial charge in [0.2, 0.25) is 5.91 Å². The first-order valence-corrected chi connectivity index (χ1v) is 8.67. The van der Waals surface area contributed by atoms with Crippen LogP contribution in [0, 0.1) is 5.82 Å². The molecule has 0 aliphatic rings. The second-order valence-electron chi connectivity index (χ2n) is 4.88. The Bertz CT molecular complexity index is 653. The van der Waals surface area contributed by atoms with Gasteiger partial charge in [-0.3, -0.25) is 19.7 Å². The van der Waals surface area contributed by atoms with Gasteiger partial charge < -0.3 is 14.8 Å². The third-order valence-corrected chi connectivity index (χ3v) is 3.91. The van der Waals surface area contributed by atoms with Crippen LogP contribution in [0.25, 0.3) is 0 Å². The zero-order valence-corrected chi connectivity index (χ0v) is 15.1. The van der Waals surface area contributed by atoms with Crippen LogP contribution < -0.4 is 10.6 Å². The van der Waals surface area contributed by atoms with Crippen molar-refractivity contribution < 1.29 is 33.0 Å². The molecule has 0 fully saturated rings. The summed E-state index contributed by atoms with van der Waals surface area (Å²) in [6.07, 6.45) is -0.923. The van der Waals surface area contributed by atoms with E-state index in [0.29, 0.717) is 5.69 Å². The van der Waals surface area contributed by atoms with E-state index in [-0.39, 0.29) is 18.3 Å². The van der Waals surface area contributed by atoms with Crippen molar-refractivity contribution in [2.45, 2.75) is 19.1 Å². The highest BCUT2D eigenvalue weighted by Crippen LogP contribution is 2.14. The zero-order valence-electron chi connectivity index (χ0n) is 14.2.